The van der Waals surface area contributed by atoms with Gasteiger partial charge in [-0.3, -0.25) is 4.98 Å². The van der Waals surface area contributed by atoms with Crippen molar-refractivity contribution in [1.82, 2.24) is 10.3 Å². The summed E-state index contributed by atoms with van der Waals surface area (Å²) in [6, 6.07) is 4.78. The number of nitrogens with one attached hydrogen (secondary N) is 1. The average molecular weight is 283 g/mol. The van der Waals surface area contributed by atoms with Crippen LogP contribution < -0.4 is 5.32 Å². The number of rotatable bonds is 4. The molecule has 0 radical (unpaired) electrons. The lowest BCUT2D eigenvalue weighted by Gasteiger charge is -2.22. The van der Waals surface area contributed by atoms with E-state index in [1.54, 1.807) is 0 Å². The van der Waals surface area contributed by atoms with Gasteiger partial charge in [0.25, 0.3) is 0 Å². The summed E-state index contributed by atoms with van der Waals surface area (Å²) in [4.78, 5) is 4.45. The van der Waals surface area contributed by atoms with E-state index < -0.39 is 0 Å². The maximum Gasteiger partial charge on any atom is 0.0420 e. The largest absolute Gasteiger partial charge is 0.316 e. The van der Waals surface area contributed by atoms with E-state index in [0.717, 1.165) is 16.8 Å². The molecule has 1 atom stereocenters. The number of halogens is 1. The Morgan fingerprint density at radius 1 is 1.44 bits per heavy atom. The molecule has 3 heteroatoms. The molecule has 1 unspecified atom stereocenters. The Hall–Kier alpha value is -0.410. The monoisotopic (exact) mass is 282 g/mol. The number of pyridine rings is 1. The number of hydrogen-bond donors (Lipinski definition) is 1. The highest BCUT2D eigenvalue weighted by Gasteiger charge is 2.23. The van der Waals surface area contributed by atoms with Crippen molar-refractivity contribution in [1.29, 1.82) is 0 Å². The van der Waals surface area contributed by atoms with Crippen LogP contribution in [0.3, 0.4) is 0 Å². The van der Waals surface area contributed by atoms with E-state index in [4.69, 9.17) is 0 Å². The highest BCUT2D eigenvalue weighted by molar-refractivity contribution is 9.10. The molecule has 1 N–H and O–H groups in total. The van der Waals surface area contributed by atoms with Crippen LogP contribution >= 0.6 is 15.9 Å². The second kappa shape index (κ2) is 5.78. The number of hydrogen-bond acceptors (Lipinski definition) is 2. The van der Waals surface area contributed by atoms with E-state index in [2.05, 4.69) is 45.4 Å². The summed E-state index contributed by atoms with van der Waals surface area (Å²) >= 11 is 3.42. The van der Waals surface area contributed by atoms with E-state index >= 15 is 0 Å². The van der Waals surface area contributed by atoms with Crippen molar-refractivity contribution in [3.8, 4) is 0 Å². The molecule has 1 saturated carbocycles. The number of aromatic nitrogens is 1. The molecule has 88 valence electrons. The summed E-state index contributed by atoms with van der Waals surface area (Å²) in [7, 11) is 2.07. The topological polar surface area (TPSA) is 24.9 Å². The first kappa shape index (κ1) is 12.1. The zero-order valence-electron chi connectivity index (χ0n) is 9.75. The first-order valence-corrected chi connectivity index (χ1v) is 6.86. The van der Waals surface area contributed by atoms with Gasteiger partial charge in [0.2, 0.25) is 0 Å². The third kappa shape index (κ3) is 3.05. The van der Waals surface area contributed by atoms with Crippen molar-refractivity contribution in [3.05, 3.63) is 28.5 Å². The van der Waals surface area contributed by atoms with Crippen LogP contribution in [-0.2, 0) is 6.42 Å². The van der Waals surface area contributed by atoms with Gasteiger partial charge in [0.15, 0.2) is 0 Å². The minimum Gasteiger partial charge on any atom is -0.316 e. The van der Waals surface area contributed by atoms with Crippen molar-refractivity contribution in [2.75, 3.05) is 7.05 Å². The van der Waals surface area contributed by atoms with Gasteiger partial charge in [-0.1, -0.05) is 12.8 Å². The number of nitrogens with zero attached hydrogens (tertiary/aromatic N) is 1. The average Bonchev–Trinajstić information content (AvgIpc) is 2.82. The Balaban J connectivity index is 1.97. The lowest BCUT2D eigenvalue weighted by atomic mass is 9.94. The van der Waals surface area contributed by atoms with E-state index in [1.807, 2.05) is 6.20 Å². The van der Waals surface area contributed by atoms with E-state index in [0.29, 0.717) is 6.04 Å². The molecule has 1 fully saturated rings. The molecule has 0 amide bonds. The quantitative estimate of drug-likeness (QED) is 0.918. The molecule has 0 aromatic carbocycles. The van der Waals surface area contributed by atoms with Crippen molar-refractivity contribution >= 4 is 15.9 Å². The maximum atomic E-state index is 4.45. The van der Waals surface area contributed by atoms with E-state index in [-0.39, 0.29) is 0 Å². The summed E-state index contributed by atoms with van der Waals surface area (Å²) in [6.07, 6.45) is 8.49. The van der Waals surface area contributed by atoms with Crippen molar-refractivity contribution in [3.63, 3.8) is 0 Å². The molecule has 16 heavy (non-hydrogen) atoms. The van der Waals surface area contributed by atoms with Crippen LogP contribution in [0.25, 0.3) is 0 Å². The molecule has 0 spiro atoms. The molecule has 2 rings (SSSR count). The van der Waals surface area contributed by atoms with Crippen LogP contribution in [0.4, 0.5) is 0 Å². The van der Waals surface area contributed by atoms with E-state index in [1.165, 1.54) is 31.4 Å². The first-order valence-electron chi connectivity index (χ1n) is 6.07. The van der Waals surface area contributed by atoms with Gasteiger partial charge in [-0.25, -0.2) is 0 Å². The first-order chi connectivity index (χ1) is 7.79. The fourth-order valence-electron chi connectivity index (χ4n) is 2.62. The van der Waals surface area contributed by atoms with Gasteiger partial charge in [0, 0.05) is 28.8 Å². The molecule has 0 bridgehead atoms. The van der Waals surface area contributed by atoms with Gasteiger partial charge in [-0.2, -0.15) is 0 Å². The highest BCUT2D eigenvalue weighted by atomic mass is 79.9. The van der Waals surface area contributed by atoms with Crippen LogP contribution in [0, 0.1) is 5.92 Å². The fourth-order valence-corrected chi connectivity index (χ4v) is 2.85. The molecular weight excluding hydrogens is 264 g/mol. The zero-order valence-corrected chi connectivity index (χ0v) is 11.3. The minimum absolute atomic E-state index is 0.594. The fraction of sp³-hybridized carbons (Fsp3) is 0.615. The van der Waals surface area contributed by atoms with Crippen LogP contribution in [0.2, 0.25) is 0 Å². The lowest BCUT2D eigenvalue weighted by molar-refractivity contribution is 0.375. The number of likely N-dealkylation sites (N-methyl/N-ethyl adjacent to an activating group) is 1. The zero-order chi connectivity index (χ0) is 11.4. The summed E-state index contributed by atoms with van der Waals surface area (Å²) in [6.45, 7) is 0. The van der Waals surface area contributed by atoms with E-state index in [9.17, 15) is 0 Å². The van der Waals surface area contributed by atoms with Gasteiger partial charge in [0.05, 0.1) is 0 Å². The molecule has 1 aromatic heterocycles. The highest BCUT2D eigenvalue weighted by Crippen LogP contribution is 2.28. The Morgan fingerprint density at radius 2 is 2.19 bits per heavy atom. The lowest BCUT2D eigenvalue weighted by Crippen LogP contribution is -2.34. The molecular formula is C13H19BrN2. The van der Waals surface area contributed by atoms with Gasteiger partial charge in [0.1, 0.15) is 0 Å². The predicted molar refractivity (Wildman–Crippen MR) is 70.4 cm³/mol. The van der Waals surface area contributed by atoms with Crippen LogP contribution in [-0.4, -0.2) is 18.1 Å². The van der Waals surface area contributed by atoms with Crippen LogP contribution in [0.1, 0.15) is 31.4 Å². The van der Waals surface area contributed by atoms with Crippen molar-refractivity contribution in [2.24, 2.45) is 5.92 Å². The maximum absolute atomic E-state index is 4.45. The summed E-state index contributed by atoms with van der Waals surface area (Å²) in [5, 5.41) is 3.46. The van der Waals surface area contributed by atoms with Gasteiger partial charge >= 0.3 is 0 Å². The second-order valence-corrected chi connectivity index (χ2v) is 5.53. The third-order valence-corrected chi connectivity index (χ3v) is 4.03. The third-order valence-electron chi connectivity index (χ3n) is 3.56. The summed E-state index contributed by atoms with van der Waals surface area (Å²) in [5.74, 6) is 0.843. The molecule has 0 aliphatic heterocycles. The van der Waals surface area contributed by atoms with Gasteiger partial charge in [-0.05, 0) is 53.9 Å². The molecule has 0 saturated heterocycles. The SMILES string of the molecule is CNC(Cc1ccc(Br)cn1)C1CCCC1. The van der Waals surface area contributed by atoms with Crippen LogP contribution in [0.15, 0.2) is 22.8 Å². The Labute approximate surface area is 106 Å². The van der Waals surface area contributed by atoms with Crippen LogP contribution in [0.5, 0.6) is 0 Å². The molecule has 1 aliphatic rings. The molecule has 1 heterocycles. The molecule has 1 aromatic rings. The standard InChI is InChI=1S/C13H19BrN2/c1-15-13(10-4-2-3-5-10)8-12-7-6-11(14)9-16-12/h6-7,9-10,13,15H,2-5,8H2,1H3. The Morgan fingerprint density at radius 3 is 2.75 bits per heavy atom. The Kier molecular flexibility index (Phi) is 4.36. The van der Waals surface area contributed by atoms with Gasteiger partial charge in [-0.15, -0.1) is 0 Å². The summed E-state index contributed by atoms with van der Waals surface area (Å²) < 4.78 is 1.05. The minimum atomic E-state index is 0.594. The normalized spacial score (nSPS) is 18.9. The Bertz CT molecular complexity index is 317. The predicted octanol–water partition coefficient (Wildman–Crippen LogP) is 3.16. The van der Waals surface area contributed by atoms with Gasteiger partial charge < -0.3 is 5.32 Å². The van der Waals surface area contributed by atoms with Crippen molar-refractivity contribution in [2.45, 2.75) is 38.1 Å². The summed E-state index contributed by atoms with van der Waals surface area (Å²) in [5.41, 5.74) is 1.19. The van der Waals surface area contributed by atoms with Crippen molar-refractivity contribution < 1.29 is 0 Å². The second-order valence-electron chi connectivity index (χ2n) is 4.61. The smallest absolute Gasteiger partial charge is 0.0420 e. The molecule has 1 aliphatic carbocycles. The molecule has 2 nitrogen and oxygen atoms in total.